The van der Waals surface area contributed by atoms with Gasteiger partial charge in [0.05, 0.1) is 11.0 Å². The minimum Gasteiger partial charge on any atom is -0.457 e. The number of benzene rings is 7. The molecular weight excluding hydrogens is 745 g/mol. The highest BCUT2D eigenvalue weighted by molar-refractivity contribution is 6.09. The third-order valence-corrected chi connectivity index (χ3v) is 12.8. The molecule has 4 heterocycles. The quantitative estimate of drug-likeness (QED) is 0.0913. The summed E-state index contributed by atoms with van der Waals surface area (Å²) in [4.78, 5) is 4.89. The van der Waals surface area contributed by atoms with Gasteiger partial charge in [-0.1, -0.05) is 133 Å². The molecule has 0 aliphatic carbocycles. The fraction of sp³-hybridized carbons (Fsp3) is 0.143. The lowest BCUT2D eigenvalue weighted by Gasteiger charge is -2.40. The third kappa shape index (κ3) is 5.79. The molecule has 5 heteroatoms. The van der Waals surface area contributed by atoms with Gasteiger partial charge in [0.2, 0.25) is 11.4 Å². The molecule has 0 N–H and O–H groups in total. The molecule has 0 bridgehead atoms. The van der Waals surface area contributed by atoms with Crippen molar-refractivity contribution >= 4 is 44.6 Å². The fourth-order valence-electron chi connectivity index (χ4n) is 9.55. The van der Waals surface area contributed by atoms with Gasteiger partial charge in [-0.05, 0) is 86.7 Å². The summed E-state index contributed by atoms with van der Waals surface area (Å²) in [5, 5.41) is 2.35. The first-order valence-corrected chi connectivity index (χ1v) is 21.3. The van der Waals surface area contributed by atoms with E-state index in [1.54, 1.807) is 0 Å². The average molecular weight is 794 g/mol. The molecule has 2 aliphatic heterocycles. The summed E-state index contributed by atoms with van der Waals surface area (Å²) in [6.07, 6.45) is 1.93. The maximum Gasteiger partial charge on any atom is 0.225 e. The zero-order valence-corrected chi connectivity index (χ0v) is 35.6. The van der Waals surface area contributed by atoms with E-state index in [0.29, 0.717) is 9.18 Å². The van der Waals surface area contributed by atoms with Crippen LogP contribution in [0.4, 0.5) is 22.7 Å². The van der Waals surface area contributed by atoms with Gasteiger partial charge in [0, 0.05) is 59.4 Å². The highest BCUT2D eigenvalue weighted by Gasteiger charge is 2.77. The summed E-state index contributed by atoms with van der Waals surface area (Å²) in [6.45, 7) is 16.0. The molecule has 1 fully saturated rings. The van der Waals surface area contributed by atoms with Crippen LogP contribution in [-0.4, -0.2) is 9.55 Å². The van der Waals surface area contributed by atoms with Crippen LogP contribution in [0.3, 0.4) is 0 Å². The molecule has 61 heavy (non-hydrogen) atoms. The van der Waals surface area contributed by atoms with Crippen molar-refractivity contribution in [1.82, 2.24) is 18.7 Å². The van der Waals surface area contributed by atoms with Gasteiger partial charge < -0.3 is 4.74 Å². The van der Waals surface area contributed by atoms with E-state index in [2.05, 4.69) is 229 Å². The summed E-state index contributed by atoms with van der Waals surface area (Å²) in [6, 6.07) is 63.8. The van der Waals surface area contributed by atoms with E-state index in [1.165, 1.54) is 61.2 Å². The van der Waals surface area contributed by atoms with Crippen molar-refractivity contribution in [2.75, 3.05) is 0 Å². The van der Waals surface area contributed by atoms with Gasteiger partial charge in [0.25, 0.3) is 0 Å². The third-order valence-electron chi connectivity index (χ3n) is 12.8. The Bertz CT molecular complexity index is 3170. The van der Waals surface area contributed by atoms with E-state index in [1.807, 2.05) is 6.20 Å². The second-order valence-corrected chi connectivity index (χ2v) is 18.7. The molecule has 2 aliphatic rings. The van der Waals surface area contributed by atoms with Crippen LogP contribution in [0.25, 0.3) is 49.9 Å². The van der Waals surface area contributed by atoms with Crippen LogP contribution in [0.2, 0.25) is 0 Å². The van der Waals surface area contributed by atoms with Crippen LogP contribution in [0.1, 0.15) is 52.7 Å². The molecule has 9 aromatic rings. The highest BCUT2D eigenvalue weighted by atomic mass is 16.5. The normalized spacial score (nSPS) is 18.1. The van der Waals surface area contributed by atoms with E-state index in [4.69, 9.17) is 9.72 Å². The van der Waals surface area contributed by atoms with Crippen molar-refractivity contribution in [3.63, 3.8) is 0 Å². The zero-order valence-electron chi connectivity index (χ0n) is 35.6. The maximum absolute atomic E-state index is 6.82. The van der Waals surface area contributed by atoms with Gasteiger partial charge in [-0.25, -0.2) is 4.98 Å². The SMILES string of the molecule is CC(C)(C)c1ccc(-c2cc(-c3ccccc3)cc([N@+]34[CH-][N+]3(c3cccc(Oc5ccc6c7ccccc7n(-c7cc(C(C)(C)C)ccn7)c6c5)c3)c3ccccc34)c2)cc1. The van der Waals surface area contributed by atoms with Crippen molar-refractivity contribution < 1.29 is 4.74 Å². The lowest BCUT2D eigenvalue weighted by molar-refractivity contribution is 0.424. The maximum atomic E-state index is 6.82. The van der Waals surface area contributed by atoms with Gasteiger partial charge >= 0.3 is 0 Å². The Morgan fingerprint density at radius 3 is 1.80 bits per heavy atom. The number of nitrogens with zero attached hydrogens (tertiary/aromatic N) is 4. The molecule has 0 saturated carbocycles. The second kappa shape index (κ2) is 13.4. The lowest BCUT2D eigenvalue weighted by Crippen LogP contribution is -2.46. The average Bonchev–Trinajstić information content (AvgIpc) is 3.77. The van der Waals surface area contributed by atoms with Crippen LogP contribution in [-0.2, 0) is 10.8 Å². The Morgan fingerprint density at radius 1 is 0.459 bits per heavy atom. The number of rotatable bonds is 7. The molecular formula is C56H49N4O+. The Kier molecular flexibility index (Phi) is 8.15. The molecule has 1 unspecified atom stereocenters. The molecule has 11 rings (SSSR count). The number of para-hydroxylation sites is 3. The molecule has 0 radical (unpaired) electrons. The smallest absolute Gasteiger partial charge is 0.225 e. The summed E-state index contributed by atoms with van der Waals surface area (Å²) in [5.74, 6) is 2.47. The van der Waals surface area contributed by atoms with Crippen LogP contribution >= 0.6 is 0 Å². The number of ether oxygens (including phenoxy) is 1. The minimum absolute atomic E-state index is 0.00462. The Hall–Kier alpha value is -6.79. The van der Waals surface area contributed by atoms with Crippen LogP contribution in [0, 0.1) is 6.67 Å². The molecule has 0 spiro atoms. The predicted molar refractivity (Wildman–Crippen MR) is 253 cm³/mol. The van der Waals surface area contributed by atoms with Crippen LogP contribution < -0.4 is 13.9 Å². The molecule has 7 aromatic carbocycles. The minimum atomic E-state index is -0.00462. The van der Waals surface area contributed by atoms with Gasteiger partial charge in [-0.2, -0.15) is 9.18 Å². The summed E-state index contributed by atoms with van der Waals surface area (Å²) in [7, 11) is 0. The molecule has 2 aromatic heterocycles. The summed E-state index contributed by atoms with van der Waals surface area (Å²) < 4.78 is 10.3. The van der Waals surface area contributed by atoms with Gasteiger partial charge in [-0.3, -0.25) is 4.57 Å². The standard InChI is InChI=1S/C56H49N4O/c1-55(2,3)42-25-23-39(24-26-42)41-31-40(38-15-8-7-9-16-38)32-45(33-41)60-37-59(60,52-21-12-13-22-53(52)60)44-17-14-18-46(35-44)61-47-27-28-49-48-19-10-11-20-50(48)58(51(49)36-47)54-34-43(29-30-57-54)56(4,5)6/h7-37H,1-6H3/q+1/t59?,60-/m0/s1. The number of hydrogen-bond acceptors (Lipinski definition) is 2. The summed E-state index contributed by atoms with van der Waals surface area (Å²) >= 11 is 0. The number of pyridine rings is 1. The Balaban J connectivity index is 0.999. The van der Waals surface area contributed by atoms with Crippen molar-refractivity contribution in [2.45, 2.75) is 52.4 Å². The Morgan fingerprint density at radius 2 is 1.08 bits per heavy atom. The first-order chi connectivity index (χ1) is 29.4. The van der Waals surface area contributed by atoms with E-state index in [-0.39, 0.29) is 10.8 Å². The van der Waals surface area contributed by atoms with E-state index >= 15 is 0 Å². The number of fused-ring (bicyclic) bond motifs is 7. The predicted octanol–water partition coefficient (Wildman–Crippen LogP) is 15.2. The van der Waals surface area contributed by atoms with Crippen molar-refractivity contribution in [2.24, 2.45) is 0 Å². The monoisotopic (exact) mass is 793 g/mol. The van der Waals surface area contributed by atoms with Crippen molar-refractivity contribution in [3.05, 3.63) is 200 Å². The largest absolute Gasteiger partial charge is 0.457 e. The first-order valence-electron chi connectivity index (χ1n) is 21.3. The van der Waals surface area contributed by atoms with Gasteiger partial charge in [-0.15, -0.1) is 0 Å². The van der Waals surface area contributed by atoms with Gasteiger partial charge in [0.1, 0.15) is 17.3 Å². The second-order valence-electron chi connectivity index (χ2n) is 18.7. The highest BCUT2D eigenvalue weighted by Crippen LogP contribution is 2.75. The number of hydrogen-bond donors (Lipinski definition) is 0. The van der Waals surface area contributed by atoms with E-state index in [9.17, 15) is 0 Å². The van der Waals surface area contributed by atoms with E-state index in [0.717, 1.165) is 34.0 Å². The Labute approximate surface area is 358 Å². The van der Waals surface area contributed by atoms with Crippen LogP contribution in [0.15, 0.2) is 182 Å². The van der Waals surface area contributed by atoms with Gasteiger partial charge in [0.15, 0.2) is 18.0 Å². The first kappa shape index (κ1) is 37.2. The molecule has 1 saturated heterocycles. The van der Waals surface area contributed by atoms with Crippen LogP contribution in [0.5, 0.6) is 11.5 Å². The molecule has 0 amide bonds. The number of aromatic nitrogens is 2. The molecule has 5 nitrogen and oxygen atoms in total. The summed E-state index contributed by atoms with van der Waals surface area (Å²) in [5.41, 5.74) is 14.6. The van der Waals surface area contributed by atoms with Crippen molar-refractivity contribution in [3.8, 4) is 39.6 Å². The molecule has 298 valence electrons. The number of quaternary nitrogens is 2. The lowest BCUT2D eigenvalue weighted by atomic mass is 9.86. The topological polar surface area (TPSA) is 27.1 Å². The van der Waals surface area contributed by atoms with E-state index < -0.39 is 0 Å². The molecule has 2 atom stereocenters. The zero-order chi connectivity index (χ0) is 41.7. The van der Waals surface area contributed by atoms with Crippen molar-refractivity contribution in [1.29, 1.82) is 0 Å². The fourth-order valence-corrected chi connectivity index (χ4v) is 9.55.